The van der Waals surface area contributed by atoms with Gasteiger partial charge in [-0.05, 0) is 30.2 Å². The van der Waals surface area contributed by atoms with Crippen molar-refractivity contribution in [3.8, 4) is 5.69 Å². The summed E-state index contributed by atoms with van der Waals surface area (Å²) in [6.45, 7) is 0.507. The van der Waals surface area contributed by atoms with E-state index in [-0.39, 0.29) is 5.91 Å². The minimum absolute atomic E-state index is 0.201. The summed E-state index contributed by atoms with van der Waals surface area (Å²) in [5.74, 6) is 0.299. The maximum Gasteiger partial charge on any atom is 0.244 e. The molecule has 152 valence electrons. The highest BCUT2D eigenvalue weighted by Crippen LogP contribution is 2.17. The van der Waals surface area contributed by atoms with Crippen LogP contribution in [-0.2, 0) is 11.2 Å². The maximum atomic E-state index is 12.2. The number of fused-ring (bicyclic) bond motifs is 3. The fourth-order valence-electron chi connectivity index (χ4n) is 3.36. The van der Waals surface area contributed by atoms with Gasteiger partial charge in [0.2, 0.25) is 5.91 Å². The van der Waals surface area contributed by atoms with Crippen LogP contribution < -0.4 is 5.32 Å². The van der Waals surface area contributed by atoms with Gasteiger partial charge < -0.3 is 5.32 Å². The fourth-order valence-corrected chi connectivity index (χ4v) is 3.36. The lowest BCUT2D eigenvalue weighted by Gasteiger charge is -2.01. The van der Waals surface area contributed by atoms with E-state index in [4.69, 9.17) is 0 Å². The monoisotopic (exact) mass is 409 g/mol. The van der Waals surface area contributed by atoms with Crippen LogP contribution in [-0.4, -0.2) is 42.0 Å². The van der Waals surface area contributed by atoms with Crippen molar-refractivity contribution in [1.82, 2.24) is 34.9 Å². The second-order valence-corrected chi connectivity index (χ2v) is 7.03. The van der Waals surface area contributed by atoms with Crippen molar-refractivity contribution >= 4 is 28.4 Å². The minimum Gasteiger partial charge on any atom is -0.352 e. The Morgan fingerprint density at radius 2 is 1.81 bits per heavy atom. The number of amides is 1. The number of nitrogens with one attached hydrogen (secondary N) is 1. The maximum absolute atomic E-state index is 12.2. The summed E-state index contributed by atoms with van der Waals surface area (Å²) in [4.78, 5) is 12.2. The molecule has 0 spiro atoms. The van der Waals surface area contributed by atoms with Crippen LogP contribution in [0.4, 0.5) is 0 Å². The number of carbonyl (C=O) groups excluding carboxylic acids is 1. The molecule has 0 bridgehead atoms. The molecule has 0 saturated carbocycles. The van der Waals surface area contributed by atoms with E-state index in [1.165, 1.54) is 6.08 Å². The van der Waals surface area contributed by atoms with Crippen molar-refractivity contribution in [3.05, 3.63) is 90.7 Å². The predicted octanol–water partition coefficient (Wildman–Crippen LogP) is 2.84. The molecule has 0 atom stereocenters. The van der Waals surface area contributed by atoms with Gasteiger partial charge in [0, 0.05) is 29.6 Å². The molecule has 3 heterocycles. The average Bonchev–Trinajstić information content (AvgIpc) is 3.46. The van der Waals surface area contributed by atoms with Gasteiger partial charge >= 0.3 is 0 Å². The second-order valence-electron chi connectivity index (χ2n) is 7.03. The van der Waals surface area contributed by atoms with Crippen LogP contribution in [0.2, 0.25) is 0 Å². The molecule has 8 nitrogen and oxygen atoms in total. The van der Waals surface area contributed by atoms with E-state index in [9.17, 15) is 4.79 Å². The lowest BCUT2D eigenvalue weighted by Crippen LogP contribution is -2.23. The first kappa shape index (κ1) is 18.7. The van der Waals surface area contributed by atoms with Gasteiger partial charge in [-0.3, -0.25) is 4.79 Å². The highest BCUT2D eigenvalue weighted by Gasteiger charge is 2.08. The Balaban J connectivity index is 1.20. The van der Waals surface area contributed by atoms with Crippen LogP contribution in [0.5, 0.6) is 0 Å². The number of hydrogen-bond acceptors (Lipinski definition) is 5. The first-order valence-electron chi connectivity index (χ1n) is 9.92. The van der Waals surface area contributed by atoms with Crippen LogP contribution in [0.1, 0.15) is 11.4 Å². The molecule has 0 fully saturated rings. The zero-order chi connectivity index (χ0) is 21.0. The Labute approximate surface area is 177 Å². The standard InChI is InChI=1S/C23H19N7O/c31-22(24-13-12-17-14-25-29(16-17)19-7-2-1-3-8-19)11-10-21-27-28-23-20-9-5-4-6-18(20)15-26-30(21)23/h1-11,14-16H,12-13H2,(H,24,31). The third kappa shape index (κ3) is 3.91. The third-order valence-corrected chi connectivity index (χ3v) is 4.93. The number of carbonyl (C=O) groups is 1. The molecular formula is C23H19N7O. The Bertz CT molecular complexity index is 1390. The molecule has 3 aromatic heterocycles. The van der Waals surface area contributed by atoms with Crippen LogP contribution in [0.3, 0.4) is 0 Å². The SMILES string of the molecule is O=C(C=Cc1nnc2c3ccccc3cnn12)NCCc1cnn(-c2ccccc2)c1. The molecule has 0 saturated heterocycles. The third-order valence-electron chi connectivity index (χ3n) is 4.93. The van der Waals surface area contributed by atoms with Gasteiger partial charge in [-0.15, -0.1) is 10.2 Å². The Hall–Kier alpha value is -4.33. The predicted molar refractivity (Wildman–Crippen MR) is 118 cm³/mol. The second kappa shape index (κ2) is 8.19. The molecule has 5 rings (SSSR count). The summed E-state index contributed by atoms with van der Waals surface area (Å²) in [6, 6.07) is 17.8. The first-order chi connectivity index (χ1) is 15.3. The summed E-state index contributed by atoms with van der Waals surface area (Å²) in [7, 11) is 0. The fraction of sp³-hybridized carbons (Fsp3) is 0.0870. The summed E-state index contributed by atoms with van der Waals surface area (Å²) in [5.41, 5.74) is 2.71. The van der Waals surface area contributed by atoms with Crippen molar-refractivity contribution in [2.24, 2.45) is 0 Å². The molecule has 31 heavy (non-hydrogen) atoms. The molecule has 0 unspecified atom stereocenters. The van der Waals surface area contributed by atoms with Crippen molar-refractivity contribution in [2.75, 3.05) is 6.54 Å². The van der Waals surface area contributed by atoms with E-state index in [0.717, 1.165) is 22.0 Å². The summed E-state index contributed by atoms with van der Waals surface area (Å²) >= 11 is 0. The van der Waals surface area contributed by atoms with E-state index >= 15 is 0 Å². The number of rotatable bonds is 6. The minimum atomic E-state index is -0.201. The van der Waals surface area contributed by atoms with Gasteiger partial charge in [0.25, 0.3) is 0 Å². The number of nitrogens with zero attached hydrogens (tertiary/aromatic N) is 6. The lowest BCUT2D eigenvalue weighted by atomic mass is 10.2. The number of aromatic nitrogens is 6. The first-order valence-corrected chi connectivity index (χ1v) is 9.92. The molecule has 2 aromatic carbocycles. The van der Waals surface area contributed by atoms with E-state index in [0.29, 0.717) is 24.4 Å². The average molecular weight is 409 g/mol. The zero-order valence-corrected chi connectivity index (χ0v) is 16.6. The highest BCUT2D eigenvalue weighted by molar-refractivity contribution is 5.94. The molecule has 0 aliphatic heterocycles. The Morgan fingerprint density at radius 3 is 2.71 bits per heavy atom. The molecule has 0 aliphatic rings. The van der Waals surface area contributed by atoms with Crippen LogP contribution in [0, 0.1) is 0 Å². The number of para-hydroxylation sites is 1. The topological polar surface area (TPSA) is 90.0 Å². The van der Waals surface area contributed by atoms with Crippen molar-refractivity contribution < 1.29 is 4.79 Å². The van der Waals surface area contributed by atoms with E-state index in [2.05, 4.69) is 25.7 Å². The molecule has 1 N–H and O–H groups in total. The summed E-state index contributed by atoms with van der Waals surface area (Å²) < 4.78 is 3.45. The van der Waals surface area contributed by atoms with Gasteiger partial charge in [0.15, 0.2) is 11.5 Å². The molecule has 0 aliphatic carbocycles. The summed E-state index contributed by atoms with van der Waals surface area (Å²) in [6.07, 6.45) is 9.29. The molecule has 8 heteroatoms. The van der Waals surface area contributed by atoms with E-state index in [1.807, 2.05) is 71.7 Å². The summed E-state index contributed by atoms with van der Waals surface area (Å²) in [5, 5.41) is 21.9. The zero-order valence-electron chi connectivity index (χ0n) is 16.6. The van der Waals surface area contributed by atoms with Gasteiger partial charge in [0.05, 0.1) is 18.1 Å². The van der Waals surface area contributed by atoms with Crippen LogP contribution >= 0.6 is 0 Å². The van der Waals surface area contributed by atoms with Crippen LogP contribution in [0.25, 0.3) is 28.2 Å². The van der Waals surface area contributed by atoms with Gasteiger partial charge in [-0.1, -0.05) is 42.5 Å². The molecule has 1 amide bonds. The Kier molecular flexibility index (Phi) is 4.94. The van der Waals surface area contributed by atoms with E-state index < -0.39 is 0 Å². The molecule has 0 radical (unpaired) electrons. The van der Waals surface area contributed by atoms with Gasteiger partial charge in [-0.25, -0.2) is 4.68 Å². The molecule has 5 aromatic rings. The highest BCUT2D eigenvalue weighted by atomic mass is 16.1. The largest absolute Gasteiger partial charge is 0.352 e. The van der Waals surface area contributed by atoms with Crippen molar-refractivity contribution in [1.29, 1.82) is 0 Å². The number of hydrogen-bond donors (Lipinski definition) is 1. The number of benzene rings is 2. The van der Waals surface area contributed by atoms with Crippen LogP contribution in [0.15, 0.2) is 79.3 Å². The quantitative estimate of drug-likeness (QED) is 0.436. The van der Waals surface area contributed by atoms with Crippen molar-refractivity contribution in [2.45, 2.75) is 6.42 Å². The molecular weight excluding hydrogens is 390 g/mol. The van der Waals surface area contributed by atoms with Gasteiger partial charge in [0.1, 0.15) is 0 Å². The van der Waals surface area contributed by atoms with Crippen molar-refractivity contribution in [3.63, 3.8) is 0 Å². The smallest absolute Gasteiger partial charge is 0.244 e. The Morgan fingerprint density at radius 1 is 0.968 bits per heavy atom. The normalized spacial score (nSPS) is 11.5. The van der Waals surface area contributed by atoms with E-state index in [1.54, 1.807) is 16.8 Å². The van der Waals surface area contributed by atoms with Gasteiger partial charge in [-0.2, -0.15) is 14.7 Å². The lowest BCUT2D eigenvalue weighted by molar-refractivity contribution is -0.116.